The third-order valence-corrected chi connectivity index (χ3v) is 5.10. The smallest absolute Gasteiger partial charge is 0.238 e. The molecular weight excluding hydrogens is 375 g/mol. The van der Waals surface area contributed by atoms with Gasteiger partial charge < -0.3 is 5.32 Å². The third-order valence-electron chi connectivity index (χ3n) is 4.14. The van der Waals surface area contributed by atoms with Crippen LogP contribution in [0.25, 0.3) is 10.4 Å². The lowest BCUT2D eigenvalue weighted by atomic mass is 9.92. The first-order valence-electron chi connectivity index (χ1n) is 8.53. The highest BCUT2D eigenvalue weighted by atomic mass is 32.1. The number of aromatic nitrogens is 3. The van der Waals surface area contributed by atoms with E-state index in [4.69, 9.17) is 0 Å². The Kier molecular flexibility index (Phi) is 5.16. The molecule has 1 N–H and O–H groups in total. The maximum Gasteiger partial charge on any atom is 0.238 e. The van der Waals surface area contributed by atoms with E-state index in [1.807, 2.05) is 36.4 Å². The molecule has 0 spiro atoms. The molecule has 3 heterocycles. The van der Waals surface area contributed by atoms with Crippen molar-refractivity contribution in [1.82, 2.24) is 15.0 Å². The molecule has 3 aromatic heterocycles. The topological polar surface area (TPSA) is 67.8 Å². The number of carbonyl (C=O) groups is 1. The third kappa shape index (κ3) is 3.94. The Hall–Kier alpha value is -3.45. The highest BCUT2D eigenvalue weighted by Gasteiger charge is 2.24. The molecule has 0 aliphatic heterocycles. The molecule has 0 fully saturated rings. The van der Waals surface area contributed by atoms with Gasteiger partial charge in [-0.1, -0.05) is 47.7 Å². The van der Waals surface area contributed by atoms with Gasteiger partial charge in [-0.2, -0.15) is 0 Å². The normalized spacial score (nSPS) is 11.8. The second-order valence-corrected chi connectivity index (χ2v) is 7.07. The van der Waals surface area contributed by atoms with Crippen molar-refractivity contribution in [3.63, 3.8) is 0 Å². The zero-order valence-electron chi connectivity index (χ0n) is 14.6. The summed E-state index contributed by atoms with van der Waals surface area (Å²) in [6.07, 6.45) is 7.65. The summed E-state index contributed by atoms with van der Waals surface area (Å²) in [5, 5.41) is 3.31. The molecule has 0 aliphatic carbocycles. The number of pyridine rings is 2. The summed E-state index contributed by atoms with van der Waals surface area (Å²) in [5.74, 6) is -1.15. The Morgan fingerprint density at radius 3 is 2.54 bits per heavy atom. The summed E-state index contributed by atoms with van der Waals surface area (Å²) in [6, 6.07) is 14.6. The van der Waals surface area contributed by atoms with Crippen LogP contribution in [0.3, 0.4) is 0 Å². The van der Waals surface area contributed by atoms with Gasteiger partial charge in [0, 0.05) is 30.4 Å². The summed E-state index contributed by atoms with van der Waals surface area (Å²) in [5.41, 5.74) is 2.27. The quantitative estimate of drug-likeness (QED) is 0.544. The van der Waals surface area contributed by atoms with E-state index in [1.165, 1.54) is 17.4 Å². The van der Waals surface area contributed by atoms with Crippen LogP contribution in [0, 0.1) is 5.82 Å². The van der Waals surface area contributed by atoms with Gasteiger partial charge in [0.1, 0.15) is 5.82 Å². The predicted octanol–water partition coefficient (Wildman–Crippen LogP) is 4.51. The first-order chi connectivity index (χ1) is 13.7. The van der Waals surface area contributed by atoms with Crippen molar-refractivity contribution in [3.8, 4) is 10.4 Å². The average molecular weight is 390 g/mol. The maximum atomic E-state index is 13.4. The molecule has 0 saturated heterocycles. The minimum absolute atomic E-state index is 0.211. The molecule has 1 amide bonds. The van der Waals surface area contributed by atoms with Crippen molar-refractivity contribution >= 4 is 22.4 Å². The fourth-order valence-electron chi connectivity index (χ4n) is 2.88. The van der Waals surface area contributed by atoms with Crippen molar-refractivity contribution < 1.29 is 9.18 Å². The number of anilines is 1. The lowest BCUT2D eigenvalue weighted by Gasteiger charge is -2.16. The van der Waals surface area contributed by atoms with Crippen molar-refractivity contribution in [2.24, 2.45) is 0 Å². The molecule has 7 heteroatoms. The monoisotopic (exact) mass is 390 g/mol. The number of hydrogen-bond donors (Lipinski definition) is 1. The van der Waals surface area contributed by atoms with E-state index in [0.717, 1.165) is 22.2 Å². The Bertz CT molecular complexity index is 1050. The van der Waals surface area contributed by atoms with Crippen LogP contribution in [0.4, 0.5) is 9.52 Å². The van der Waals surface area contributed by atoms with E-state index in [9.17, 15) is 9.18 Å². The molecule has 1 unspecified atom stereocenters. The number of amides is 1. The summed E-state index contributed by atoms with van der Waals surface area (Å²) < 4.78 is 13.4. The minimum atomic E-state index is -0.516. The highest BCUT2D eigenvalue weighted by molar-refractivity contribution is 7.19. The molecule has 138 valence electrons. The Balaban J connectivity index is 1.60. The van der Waals surface area contributed by atoms with Gasteiger partial charge in [0.2, 0.25) is 5.91 Å². The zero-order valence-corrected chi connectivity index (χ0v) is 15.4. The number of carbonyl (C=O) groups excluding carboxylic acids is 1. The molecular formula is C21H15FN4OS. The van der Waals surface area contributed by atoms with Gasteiger partial charge in [0.15, 0.2) is 5.13 Å². The van der Waals surface area contributed by atoms with E-state index in [-0.39, 0.29) is 5.91 Å². The lowest BCUT2D eigenvalue weighted by Crippen LogP contribution is -2.22. The molecule has 0 bridgehead atoms. The average Bonchev–Trinajstić information content (AvgIpc) is 3.18. The van der Waals surface area contributed by atoms with Crippen molar-refractivity contribution in [2.45, 2.75) is 5.92 Å². The van der Waals surface area contributed by atoms with Gasteiger partial charge in [-0.15, -0.1) is 0 Å². The Morgan fingerprint density at radius 1 is 0.964 bits per heavy atom. The molecule has 4 aromatic rings. The van der Waals surface area contributed by atoms with Crippen LogP contribution in [0.15, 0.2) is 79.5 Å². The first kappa shape index (κ1) is 17.9. The number of nitrogens with zero attached hydrogens (tertiary/aromatic N) is 3. The van der Waals surface area contributed by atoms with Crippen LogP contribution in [-0.2, 0) is 4.79 Å². The van der Waals surface area contributed by atoms with Gasteiger partial charge >= 0.3 is 0 Å². The number of thiazole rings is 1. The van der Waals surface area contributed by atoms with Crippen molar-refractivity contribution in [1.29, 1.82) is 0 Å². The summed E-state index contributed by atoms with van der Waals surface area (Å²) >= 11 is 1.27. The molecule has 1 aromatic carbocycles. The standard InChI is InChI=1S/C21H15FN4OS/c22-17-9-16(11-24-12-17)18-13-25-21(28-18)26-20(27)19(14-5-2-1-3-6-14)15-7-4-8-23-10-15/h1-13,19H,(H,25,26,27). The van der Waals surface area contributed by atoms with E-state index in [2.05, 4.69) is 20.3 Å². The van der Waals surface area contributed by atoms with Gasteiger partial charge in [0.25, 0.3) is 0 Å². The van der Waals surface area contributed by atoms with E-state index in [0.29, 0.717) is 10.7 Å². The summed E-state index contributed by atoms with van der Waals surface area (Å²) in [7, 11) is 0. The minimum Gasteiger partial charge on any atom is -0.301 e. The van der Waals surface area contributed by atoms with Gasteiger partial charge in [-0.25, -0.2) is 9.37 Å². The fraction of sp³-hybridized carbons (Fsp3) is 0.0476. The van der Waals surface area contributed by atoms with Gasteiger partial charge in [-0.3, -0.25) is 14.8 Å². The summed E-state index contributed by atoms with van der Waals surface area (Å²) in [4.78, 5) is 26.0. The number of halogens is 1. The second kappa shape index (κ2) is 8.06. The molecule has 28 heavy (non-hydrogen) atoms. The first-order valence-corrected chi connectivity index (χ1v) is 9.35. The van der Waals surface area contributed by atoms with E-state index < -0.39 is 11.7 Å². The SMILES string of the molecule is O=C(Nc1ncc(-c2cncc(F)c2)s1)C(c1ccccc1)c1cccnc1. The molecule has 5 nitrogen and oxygen atoms in total. The van der Waals surface area contributed by atoms with Crippen LogP contribution in [0.2, 0.25) is 0 Å². The van der Waals surface area contributed by atoms with Crippen molar-refractivity contribution in [2.75, 3.05) is 5.32 Å². The van der Waals surface area contributed by atoms with Crippen LogP contribution >= 0.6 is 11.3 Å². The van der Waals surface area contributed by atoms with Gasteiger partial charge in [0.05, 0.1) is 17.0 Å². The highest BCUT2D eigenvalue weighted by Crippen LogP contribution is 2.31. The molecule has 0 aliphatic rings. The number of hydrogen-bond acceptors (Lipinski definition) is 5. The number of rotatable bonds is 5. The van der Waals surface area contributed by atoms with E-state index >= 15 is 0 Å². The van der Waals surface area contributed by atoms with Crippen LogP contribution in [0.5, 0.6) is 0 Å². The lowest BCUT2D eigenvalue weighted by molar-refractivity contribution is -0.116. The number of nitrogens with one attached hydrogen (secondary N) is 1. The largest absolute Gasteiger partial charge is 0.301 e. The zero-order chi connectivity index (χ0) is 19.3. The van der Waals surface area contributed by atoms with E-state index in [1.54, 1.807) is 30.9 Å². The predicted molar refractivity (Wildman–Crippen MR) is 106 cm³/mol. The van der Waals surface area contributed by atoms with Crippen molar-refractivity contribution in [3.05, 3.63) is 96.5 Å². The Labute approximate surface area is 165 Å². The Morgan fingerprint density at radius 2 is 1.79 bits per heavy atom. The summed E-state index contributed by atoms with van der Waals surface area (Å²) in [6.45, 7) is 0. The molecule has 4 rings (SSSR count). The van der Waals surface area contributed by atoms with Crippen LogP contribution in [-0.4, -0.2) is 20.9 Å². The van der Waals surface area contributed by atoms with Gasteiger partial charge in [-0.05, 0) is 23.3 Å². The molecule has 1 atom stereocenters. The molecule has 0 saturated carbocycles. The second-order valence-electron chi connectivity index (χ2n) is 6.04. The maximum absolute atomic E-state index is 13.4. The fourth-order valence-corrected chi connectivity index (χ4v) is 3.68. The molecule has 0 radical (unpaired) electrons. The number of benzene rings is 1. The van der Waals surface area contributed by atoms with Crippen LogP contribution in [0.1, 0.15) is 17.0 Å². The van der Waals surface area contributed by atoms with Crippen LogP contribution < -0.4 is 5.32 Å².